The minimum Gasteiger partial charge on any atom is -0.494 e. The van der Waals surface area contributed by atoms with Gasteiger partial charge in [0, 0.05) is 36.5 Å². The highest BCUT2D eigenvalue weighted by Crippen LogP contribution is 2.19. The van der Waals surface area contributed by atoms with E-state index >= 15 is 0 Å². The molecule has 0 spiro atoms. The number of halogens is 2. The molecular formula is C29H32ClFN2O3. The number of amides is 2. The van der Waals surface area contributed by atoms with Gasteiger partial charge in [-0.3, -0.25) is 9.59 Å². The van der Waals surface area contributed by atoms with Gasteiger partial charge in [0.2, 0.25) is 11.8 Å². The van der Waals surface area contributed by atoms with Crippen molar-refractivity contribution in [2.75, 3.05) is 13.2 Å². The molecule has 0 heterocycles. The summed E-state index contributed by atoms with van der Waals surface area (Å²) in [5.74, 6) is -0.224. The quantitative estimate of drug-likeness (QED) is 0.295. The third-order valence-corrected chi connectivity index (χ3v) is 5.99. The van der Waals surface area contributed by atoms with E-state index in [1.54, 1.807) is 42.5 Å². The highest BCUT2D eigenvalue weighted by molar-refractivity contribution is 6.30. The van der Waals surface area contributed by atoms with E-state index in [1.165, 1.54) is 11.0 Å². The molecule has 0 aliphatic heterocycles. The monoisotopic (exact) mass is 510 g/mol. The van der Waals surface area contributed by atoms with Gasteiger partial charge in [0.15, 0.2) is 0 Å². The average molecular weight is 511 g/mol. The Balaban J connectivity index is 1.78. The Bertz CT molecular complexity index is 1110. The summed E-state index contributed by atoms with van der Waals surface area (Å²) in [7, 11) is 0. The molecule has 0 radical (unpaired) electrons. The lowest BCUT2D eigenvalue weighted by Crippen LogP contribution is -2.50. The second-order valence-corrected chi connectivity index (χ2v) is 8.95. The molecule has 2 amide bonds. The molecule has 7 heteroatoms. The molecule has 3 aromatic rings. The van der Waals surface area contributed by atoms with Crippen LogP contribution in [0.4, 0.5) is 4.39 Å². The van der Waals surface area contributed by atoms with Gasteiger partial charge in [-0.05, 0) is 48.7 Å². The van der Waals surface area contributed by atoms with Crippen molar-refractivity contribution in [3.8, 4) is 5.75 Å². The molecular weight excluding hydrogens is 479 g/mol. The first-order valence-corrected chi connectivity index (χ1v) is 12.6. The number of rotatable bonds is 13. The molecule has 0 aliphatic carbocycles. The third kappa shape index (κ3) is 8.38. The van der Waals surface area contributed by atoms with Crippen molar-refractivity contribution in [1.29, 1.82) is 0 Å². The summed E-state index contributed by atoms with van der Waals surface area (Å²) in [5, 5.41) is 3.54. The molecule has 0 bridgehead atoms. The van der Waals surface area contributed by atoms with Gasteiger partial charge in [0.05, 0.1) is 6.61 Å². The van der Waals surface area contributed by atoms with E-state index in [2.05, 4.69) is 5.32 Å². The molecule has 0 aliphatic rings. The molecule has 36 heavy (non-hydrogen) atoms. The first-order chi connectivity index (χ1) is 17.5. The fourth-order valence-electron chi connectivity index (χ4n) is 3.82. The molecule has 1 atom stereocenters. The van der Waals surface area contributed by atoms with Crippen LogP contribution in [0.25, 0.3) is 0 Å². The van der Waals surface area contributed by atoms with Crippen LogP contribution < -0.4 is 10.1 Å². The van der Waals surface area contributed by atoms with Gasteiger partial charge in [0.25, 0.3) is 0 Å². The van der Waals surface area contributed by atoms with E-state index in [-0.39, 0.29) is 24.8 Å². The van der Waals surface area contributed by atoms with E-state index in [0.29, 0.717) is 42.3 Å². The zero-order valence-electron chi connectivity index (χ0n) is 20.5. The zero-order chi connectivity index (χ0) is 25.8. The maximum atomic E-state index is 14.6. The van der Waals surface area contributed by atoms with Gasteiger partial charge in [-0.25, -0.2) is 4.39 Å². The number of ether oxygens (including phenoxy) is 1. The summed E-state index contributed by atoms with van der Waals surface area (Å²) < 4.78 is 20.3. The van der Waals surface area contributed by atoms with Crippen LogP contribution in [0.2, 0.25) is 5.02 Å². The predicted octanol–water partition coefficient (Wildman–Crippen LogP) is 5.80. The highest BCUT2D eigenvalue weighted by atomic mass is 35.5. The topological polar surface area (TPSA) is 58.6 Å². The summed E-state index contributed by atoms with van der Waals surface area (Å²) in [6.07, 6.45) is 1.71. The number of nitrogens with zero attached hydrogens (tertiary/aromatic N) is 1. The van der Waals surface area contributed by atoms with Crippen LogP contribution in [-0.2, 0) is 22.6 Å². The average Bonchev–Trinajstić information content (AvgIpc) is 2.89. The first kappa shape index (κ1) is 27.2. The van der Waals surface area contributed by atoms with E-state index in [9.17, 15) is 14.0 Å². The van der Waals surface area contributed by atoms with Crippen molar-refractivity contribution in [3.63, 3.8) is 0 Å². The zero-order valence-corrected chi connectivity index (χ0v) is 21.2. The lowest BCUT2D eigenvalue weighted by atomic mass is 10.0. The molecule has 190 valence electrons. The molecule has 0 unspecified atom stereocenters. The number of hydrogen-bond donors (Lipinski definition) is 1. The first-order valence-electron chi connectivity index (χ1n) is 12.2. The normalized spacial score (nSPS) is 11.5. The van der Waals surface area contributed by atoms with Crippen LogP contribution in [0.15, 0.2) is 78.9 Å². The number of carbonyl (C=O) groups excluding carboxylic acids is 2. The van der Waals surface area contributed by atoms with Crippen molar-refractivity contribution in [3.05, 3.63) is 101 Å². The summed E-state index contributed by atoms with van der Waals surface area (Å²) in [6.45, 7) is 2.79. The number of benzene rings is 3. The molecule has 0 aromatic heterocycles. The lowest BCUT2D eigenvalue weighted by molar-refractivity contribution is -0.141. The van der Waals surface area contributed by atoms with E-state index < -0.39 is 11.9 Å². The van der Waals surface area contributed by atoms with Crippen LogP contribution in [0.1, 0.15) is 37.3 Å². The Kier molecular flexibility index (Phi) is 10.8. The van der Waals surface area contributed by atoms with Gasteiger partial charge >= 0.3 is 0 Å². The maximum absolute atomic E-state index is 14.6. The molecule has 0 saturated heterocycles. The van der Waals surface area contributed by atoms with E-state index in [4.69, 9.17) is 16.3 Å². The highest BCUT2D eigenvalue weighted by Gasteiger charge is 2.30. The van der Waals surface area contributed by atoms with Gasteiger partial charge in [-0.2, -0.15) is 0 Å². The van der Waals surface area contributed by atoms with Crippen LogP contribution in [0.3, 0.4) is 0 Å². The van der Waals surface area contributed by atoms with Crippen molar-refractivity contribution >= 4 is 23.4 Å². The Morgan fingerprint density at radius 2 is 1.69 bits per heavy atom. The summed E-state index contributed by atoms with van der Waals surface area (Å²) >= 11 is 5.91. The van der Waals surface area contributed by atoms with Gasteiger partial charge in [-0.1, -0.05) is 67.1 Å². The Morgan fingerprint density at radius 1 is 1.00 bits per heavy atom. The number of nitrogens with one attached hydrogen (secondary N) is 1. The molecule has 3 rings (SSSR count). The van der Waals surface area contributed by atoms with Crippen LogP contribution in [-0.4, -0.2) is 35.9 Å². The SMILES string of the molecule is CCCNC(=O)[C@H](Cc1ccccc1)N(Cc1ccccc1F)C(=O)CCCOc1ccc(Cl)cc1. The van der Waals surface area contributed by atoms with Gasteiger partial charge < -0.3 is 15.0 Å². The molecule has 5 nitrogen and oxygen atoms in total. The summed E-state index contributed by atoms with van der Waals surface area (Å²) in [6, 6.07) is 22.1. The van der Waals surface area contributed by atoms with Gasteiger partial charge in [0.1, 0.15) is 17.6 Å². The molecule has 3 aromatic carbocycles. The van der Waals surface area contributed by atoms with Crippen LogP contribution in [0.5, 0.6) is 5.75 Å². The fraction of sp³-hybridized carbons (Fsp3) is 0.310. The lowest BCUT2D eigenvalue weighted by Gasteiger charge is -2.31. The third-order valence-electron chi connectivity index (χ3n) is 5.74. The van der Waals surface area contributed by atoms with Crippen molar-refractivity contribution in [2.45, 2.75) is 45.2 Å². The second-order valence-electron chi connectivity index (χ2n) is 8.52. The fourth-order valence-corrected chi connectivity index (χ4v) is 3.94. The minimum absolute atomic E-state index is 0.000589. The summed E-state index contributed by atoms with van der Waals surface area (Å²) in [4.78, 5) is 28.2. The van der Waals surface area contributed by atoms with E-state index in [0.717, 1.165) is 12.0 Å². The van der Waals surface area contributed by atoms with Crippen LogP contribution >= 0.6 is 11.6 Å². The van der Waals surface area contributed by atoms with Crippen LogP contribution in [0, 0.1) is 5.82 Å². The van der Waals surface area contributed by atoms with Gasteiger partial charge in [-0.15, -0.1) is 0 Å². The number of hydrogen-bond acceptors (Lipinski definition) is 3. The second kappa shape index (κ2) is 14.2. The Hall–Kier alpha value is -3.38. The van der Waals surface area contributed by atoms with E-state index in [1.807, 2.05) is 37.3 Å². The Labute approximate surface area is 217 Å². The molecule has 0 saturated carbocycles. The summed E-state index contributed by atoms with van der Waals surface area (Å²) in [5.41, 5.74) is 1.29. The smallest absolute Gasteiger partial charge is 0.243 e. The Morgan fingerprint density at radius 3 is 2.39 bits per heavy atom. The van der Waals surface area contributed by atoms with Crippen molar-refractivity contribution < 1.29 is 18.7 Å². The molecule has 0 fully saturated rings. The standard InChI is InChI=1S/C29H32ClFN2O3/c1-2-18-32-29(35)27(20-22-9-4-3-5-10-22)33(21-23-11-6-7-12-26(23)31)28(34)13-8-19-36-25-16-14-24(30)15-17-25/h3-7,9-12,14-17,27H,2,8,13,18-21H2,1H3,(H,32,35)/t27-/m0/s1. The predicted molar refractivity (Wildman–Crippen MR) is 140 cm³/mol. The molecule has 1 N–H and O–H groups in total. The van der Waals surface area contributed by atoms with Crippen molar-refractivity contribution in [2.24, 2.45) is 0 Å². The largest absolute Gasteiger partial charge is 0.494 e. The number of carbonyl (C=O) groups is 2. The maximum Gasteiger partial charge on any atom is 0.243 e. The minimum atomic E-state index is -0.775. The van der Waals surface area contributed by atoms with Crippen molar-refractivity contribution in [1.82, 2.24) is 10.2 Å².